The molecule has 3 aromatic rings. The number of hydrogen-bond donors (Lipinski definition) is 1. The lowest BCUT2D eigenvalue weighted by Crippen LogP contribution is -2.41. The van der Waals surface area contributed by atoms with Crippen LogP contribution in [0.3, 0.4) is 0 Å². The second kappa shape index (κ2) is 7.43. The molecule has 1 fully saturated rings. The van der Waals surface area contributed by atoms with Gasteiger partial charge in [0, 0.05) is 29.9 Å². The van der Waals surface area contributed by atoms with E-state index in [1.165, 1.54) is 17.3 Å². The molecule has 4 rings (SSSR count). The summed E-state index contributed by atoms with van der Waals surface area (Å²) >= 11 is 1.75. The largest absolute Gasteiger partial charge is 0.379 e. The molecule has 130 valence electrons. The summed E-state index contributed by atoms with van der Waals surface area (Å²) in [5, 5.41) is 6.21. The molecule has 2 aromatic heterocycles. The third kappa shape index (κ3) is 3.49. The van der Waals surface area contributed by atoms with E-state index in [0.717, 1.165) is 26.3 Å². The van der Waals surface area contributed by atoms with Crippen LogP contribution in [0.5, 0.6) is 0 Å². The van der Waals surface area contributed by atoms with Gasteiger partial charge in [0.1, 0.15) is 23.5 Å². The van der Waals surface area contributed by atoms with Crippen molar-refractivity contribution < 1.29 is 9.13 Å². The first-order chi connectivity index (χ1) is 12.3. The molecule has 1 N–H and O–H groups in total. The number of ether oxygens (including phenoxy) is 1. The van der Waals surface area contributed by atoms with Gasteiger partial charge in [0.05, 0.1) is 19.3 Å². The predicted molar refractivity (Wildman–Crippen MR) is 97.4 cm³/mol. The third-order valence-electron chi connectivity index (χ3n) is 4.44. The minimum absolute atomic E-state index is 0.238. The van der Waals surface area contributed by atoms with E-state index < -0.39 is 0 Å². The maximum atomic E-state index is 13.9. The summed E-state index contributed by atoms with van der Waals surface area (Å²) in [6, 6.07) is 9.41. The van der Waals surface area contributed by atoms with Crippen molar-refractivity contribution in [3.05, 3.63) is 52.7 Å². The van der Waals surface area contributed by atoms with Crippen LogP contribution in [-0.4, -0.2) is 47.7 Å². The van der Waals surface area contributed by atoms with Gasteiger partial charge in [-0.2, -0.15) is 0 Å². The van der Waals surface area contributed by atoms with Crippen LogP contribution in [0.1, 0.15) is 10.9 Å². The van der Waals surface area contributed by atoms with Gasteiger partial charge in [0.25, 0.3) is 0 Å². The van der Waals surface area contributed by atoms with Crippen molar-refractivity contribution in [1.29, 1.82) is 0 Å². The average Bonchev–Trinajstić information content (AvgIpc) is 3.18. The van der Waals surface area contributed by atoms with Crippen LogP contribution in [0.15, 0.2) is 42.0 Å². The Morgan fingerprint density at radius 2 is 2.08 bits per heavy atom. The third-order valence-corrected chi connectivity index (χ3v) is 5.41. The molecule has 0 saturated carbocycles. The van der Waals surface area contributed by atoms with Gasteiger partial charge in [-0.25, -0.2) is 14.4 Å². The van der Waals surface area contributed by atoms with Crippen LogP contribution in [0, 0.1) is 5.82 Å². The fraction of sp³-hybridized carbons (Fsp3) is 0.333. The van der Waals surface area contributed by atoms with Gasteiger partial charge < -0.3 is 10.1 Å². The summed E-state index contributed by atoms with van der Waals surface area (Å²) in [6.07, 6.45) is 1.41. The van der Waals surface area contributed by atoms with Gasteiger partial charge in [-0.3, -0.25) is 4.90 Å². The Labute approximate surface area is 149 Å². The minimum Gasteiger partial charge on any atom is -0.379 e. The summed E-state index contributed by atoms with van der Waals surface area (Å²) in [5.74, 6) is 0.338. The first-order valence-corrected chi connectivity index (χ1v) is 9.19. The smallest absolute Gasteiger partial charge is 0.149 e. The molecule has 1 saturated heterocycles. The number of nitrogens with zero attached hydrogens (tertiary/aromatic N) is 3. The number of benzene rings is 1. The molecular weight excluding hydrogens is 339 g/mol. The fourth-order valence-electron chi connectivity index (χ4n) is 3.17. The molecule has 0 spiro atoms. The monoisotopic (exact) mass is 358 g/mol. The molecule has 0 radical (unpaired) electrons. The second-order valence-corrected chi connectivity index (χ2v) is 6.90. The lowest BCUT2D eigenvalue weighted by Gasteiger charge is -2.34. The summed E-state index contributed by atoms with van der Waals surface area (Å²) in [7, 11) is 0. The van der Waals surface area contributed by atoms with E-state index in [1.807, 2.05) is 6.07 Å². The Morgan fingerprint density at radius 1 is 1.20 bits per heavy atom. The molecule has 0 bridgehead atoms. The summed E-state index contributed by atoms with van der Waals surface area (Å²) in [5.41, 5.74) is 0.346. The SMILES string of the molecule is Fc1cccc2c(NCC(c3cccs3)N3CCOCC3)ncnc12. The van der Waals surface area contributed by atoms with Gasteiger partial charge in [-0.05, 0) is 23.6 Å². The van der Waals surface area contributed by atoms with Gasteiger partial charge >= 0.3 is 0 Å². The van der Waals surface area contributed by atoms with E-state index in [1.54, 1.807) is 17.4 Å². The van der Waals surface area contributed by atoms with E-state index in [-0.39, 0.29) is 11.9 Å². The Balaban J connectivity index is 1.58. The van der Waals surface area contributed by atoms with Crippen molar-refractivity contribution in [3.63, 3.8) is 0 Å². The zero-order valence-corrected chi connectivity index (χ0v) is 14.5. The van der Waals surface area contributed by atoms with Crippen LogP contribution in [0.25, 0.3) is 10.9 Å². The van der Waals surface area contributed by atoms with E-state index in [9.17, 15) is 4.39 Å². The molecule has 1 aliphatic heterocycles. The Morgan fingerprint density at radius 3 is 2.88 bits per heavy atom. The fourth-order valence-corrected chi connectivity index (χ4v) is 4.03. The predicted octanol–water partition coefficient (Wildman–Crippen LogP) is 3.32. The topological polar surface area (TPSA) is 50.3 Å². The lowest BCUT2D eigenvalue weighted by atomic mass is 10.1. The van der Waals surface area contributed by atoms with Gasteiger partial charge in [-0.15, -0.1) is 11.3 Å². The molecule has 1 atom stereocenters. The Bertz CT molecular complexity index is 836. The zero-order chi connectivity index (χ0) is 17.1. The van der Waals surface area contributed by atoms with Crippen molar-refractivity contribution in [2.24, 2.45) is 0 Å². The summed E-state index contributed by atoms with van der Waals surface area (Å²) in [6.45, 7) is 4.02. The number of para-hydroxylation sites is 1. The van der Waals surface area contributed by atoms with E-state index in [0.29, 0.717) is 23.3 Å². The molecule has 7 heteroatoms. The van der Waals surface area contributed by atoms with Gasteiger partial charge in [0.15, 0.2) is 0 Å². The minimum atomic E-state index is -0.328. The van der Waals surface area contributed by atoms with Crippen LogP contribution < -0.4 is 5.32 Å². The molecule has 1 unspecified atom stereocenters. The maximum absolute atomic E-state index is 13.9. The zero-order valence-electron chi connectivity index (χ0n) is 13.7. The van der Waals surface area contributed by atoms with Gasteiger partial charge in [0.2, 0.25) is 0 Å². The number of aromatic nitrogens is 2. The molecular formula is C18H19FN4OS. The standard InChI is InChI=1S/C18H19FN4OS/c19-14-4-1-3-13-17(14)21-12-22-18(13)20-11-15(16-5-2-10-25-16)23-6-8-24-9-7-23/h1-5,10,12,15H,6-9,11H2,(H,20,21,22). The van der Waals surface area contributed by atoms with Crippen molar-refractivity contribution in [3.8, 4) is 0 Å². The average molecular weight is 358 g/mol. The maximum Gasteiger partial charge on any atom is 0.149 e. The van der Waals surface area contributed by atoms with E-state index in [2.05, 4.69) is 37.7 Å². The van der Waals surface area contributed by atoms with Gasteiger partial charge in [-0.1, -0.05) is 12.1 Å². The lowest BCUT2D eigenvalue weighted by molar-refractivity contribution is 0.0194. The second-order valence-electron chi connectivity index (χ2n) is 5.92. The number of halogens is 1. The summed E-state index contributed by atoms with van der Waals surface area (Å²) < 4.78 is 19.4. The van der Waals surface area contributed by atoms with Crippen molar-refractivity contribution in [1.82, 2.24) is 14.9 Å². The number of anilines is 1. The van der Waals surface area contributed by atoms with Crippen LogP contribution in [0.4, 0.5) is 10.2 Å². The highest BCUT2D eigenvalue weighted by Crippen LogP contribution is 2.28. The molecule has 0 aliphatic carbocycles. The molecule has 1 aliphatic rings. The van der Waals surface area contributed by atoms with Crippen molar-refractivity contribution in [2.45, 2.75) is 6.04 Å². The molecule has 3 heterocycles. The van der Waals surface area contributed by atoms with Crippen molar-refractivity contribution in [2.75, 3.05) is 38.2 Å². The normalized spacial score (nSPS) is 16.8. The number of morpholine rings is 1. The Hall–Kier alpha value is -2.09. The molecule has 5 nitrogen and oxygen atoms in total. The quantitative estimate of drug-likeness (QED) is 0.758. The Kier molecular flexibility index (Phi) is 4.87. The highest BCUT2D eigenvalue weighted by Gasteiger charge is 2.23. The first kappa shape index (κ1) is 16.4. The number of hydrogen-bond acceptors (Lipinski definition) is 6. The van der Waals surface area contributed by atoms with E-state index in [4.69, 9.17) is 4.74 Å². The van der Waals surface area contributed by atoms with Crippen molar-refractivity contribution >= 4 is 28.1 Å². The number of thiophene rings is 1. The number of rotatable bonds is 5. The molecule has 1 aromatic carbocycles. The highest BCUT2D eigenvalue weighted by atomic mass is 32.1. The molecule has 25 heavy (non-hydrogen) atoms. The van der Waals surface area contributed by atoms with E-state index >= 15 is 0 Å². The van der Waals surface area contributed by atoms with Crippen LogP contribution in [0.2, 0.25) is 0 Å². The van der Waals surface area contributed by atoms with Crippen LogP contribution >= 0.6 is 11.3 Å². The van der Waals surface area contributed by atoms with Crippen LogP contribution in [-0.2, 0) is 4.74 Å². The number of fused-ring (bicyclic) bond motifs is 1. The highest BCUT2D eigenvalue weighted by molar-refractivity contribution is 7.10. The number of nitrogens with one attached hydrogen (secondary N) is 1. The summed E-state index contributed by atoms with van der Waals surface area (Å²) in [4.78, 5) is 12.1. The molecule has 0 amide bonds. The first-order valence-electron chi connectivity index (χ1n) is 8.31.